The quantitative estimate of drug-likeness (QED) is 0.757. The smallest absolute Gasteiger partial charge is 0.129 e. The molecule has 0 amide bonds. The molecule has 2 aromatic rings. The molecule has 0 fully saturated rings. The SMILES string of the molecule is Fc1cc(Cl)ccc1C(Br)Cc1ccncc1. The summed E-state index contributed by atoms with van der Waals surface area (Å²) < 4.78 is 13.7. The van der Waals surface area contributed by atoms with E-state index in [0.717, 1.165) is 5.56 Å². The van der Waals surface area contributed by atoms with Crippen LogP contribution in [-0.4, -0.2) is 4.98 Å². The molecule has 0 N–H and O–H groups in total. The molecule has 0 aliphatic carbocycles. The van der Waals surface area contributed by atoms with Gasteiger partial charge in [0.25, 0.3) is 0 Å². The van der Waals surface area contributed by atoms with Crippen LogP contribution < -0.4 is 0 Å². The van der Waals surface area contributed by atoms with Crippen molar-refractivity contribution in [1.82, 2.24) is 4.98 Å². The second-order valence-corrected chi connectivity index (χ2v) is 5.23. The van der Waals surface area contributed by atoms with Crippen molar-refractivity contribution >= 4 is 27.5 Å². The third-order valence-corrected chi connectivity index (χ3v) is 3.52. The lowest BCUT2D eigenvalue weighted by Gasteiger charge is -2.11. The van der Waals surface area contributed by atoms with Crippen molar-refractivity contribution < 1.29 is 4.39 Å². The number of aromatic nitrogens is 1. The Morgan fingerprint density at radius 1 is 1.24 bits per heavy atom. The molecule has 2 rings (SSSR count). The van der Waals surface area contributed by atoms with Crippen LogP contribution >= 0.6 is 27.5 Å². The van der Waals surface area contributed by atoms with Crippen molar-refractivity contribution in [1.29, 1.82) is 0 Å². The number of hydrogen-bond acceptors (Lipinski definition) is 1. The monoisotopic (exact) mass is 313 g/mol. The highest BCUT2D eigenvalue weighted by atomic mass is 79.9. The third kappa shape index (κ3) is 3.27. The Balaban J connectivity index is 2.17. The van der Waals surface area contributed by atoms with Gasteiger partial charge in [-0.3, -0.25) is 4.98 Å². The zero-order valence-electron chi connectivity index (χ0n) is 8.91. The summed E-state index contributed by atoms with van der Waals surface area (Å²) in [6.07, 6.45) is 4.17. The van der Waals surface area contributed by atoms with E-state index in [1.807, 2.05) is 12.1 Å². The summed E-state index contributed by atoms with van der Waals surface area (Å²) in [4.78, 5) is 3.88. The second kappa shape index (κ2) is 5.61. The molecule has 88 valence electrons. The summed E-state index contributed by atoms with van der Waals surface area (Å²) in [5.41, 5.74) is 1.72. The Morgan fingerprint density at radius 3 is 2.59 bits per heavy atom. The summed E-state index contributed by atoms with van der Waals surface area (Å²) in [6, 6.07) is 8.57. The van der Waals surface area contributed by atoms with Gasteiger partial charge in [0.1, 0.15) is 5.82 Å². The zero-order chi connectivity index (χ0) is 12.3. The van der Waals surface area contributed by atoms with Crippen molar-refractivity contribution in [2.24, 2.45) is 0 Å². The predicted octanol–water partition coefficient (Wildman–Crippen LogP) is 4.55. The molecule has 1 unspecified atom stereocenters. The van der Waals surface area contributed by atoms with Crippen molar-refractivity contribution in [3.8, 4) is 0 Å². The first-order chi connectivity index (χ1) is 8.16. The van der Waals surface area contributed by atoms with E-state index in [-0.39, 0.29) is 10.6 Å². The van der Waals surface area contributed by atoms with Crippen LogP contribution in [-0.2, 0) is 6.42 Å². The topological polar surface area (TPSA) is 12.9 Å². The molecule has 0 radical (unpaired) electrons. The van der Waals surface area contributed by atoms with Gasteiger partial charge in [0, 0.05) is 27.8 Å². The van der Waals surface area contributed by atoms with Gasteiger partial charge in [-0.25, -0.2) is 4.39 Å². The van der Waals surface area contributed by atoms with Crippen molar-refractivity contribution in [3.63, 3.8) is 0 Å². The van der Waals surface area contributed by atoms with Crippen molar-refractivity contribution in [2.45, 2.75) is 11.2 Å². The second-order valence-electron chi connectivity index (χ2n) is 3.69. The highest BCUT2D eigenvalue weighted by Crippen LogP contribution is 2.30. The van der Waals surface area contributed by atoms with Crippen LogP contribution in [0.2, 0.25) is 5.02 Å². The lowest BCUT2D eigenvalue weighted by atomic mass is 10.0. The van der Waals surface area contributed by atoms with Crippen LogP contribution in [0, 0.1) is 5.82 Å². The van der Waals surface area contributed by atoms with E-state index in [0.29, 0.717) is 17.0 Å². The third-order valence-electron chi connectivity index (χ3n) is 2.46. The molecule has 0 bridgehead atoms. The summed E-state index contributed by atoms with van der Waals surface area (Å²) in [6.45, 7) is 0. The summed E-state index contributed by atoms with van der Waals surface area (Å²) in [5, 5.41) is 0.412. The molecule has 1 nitrogen and oxygen atoms in total. The highest BCUT2D eigenvalue weighted by molar-refractivity contribution is 9.09. The molecule has 0 aliphatic rings. The summed E-state index contributed by atoms with van der Waals surface area (Å²) in [7, 11) is 0. The molecule has 17 heavy (non-hydrogen) atoms. The Morgan fingerprint density at radius 2 is 1.94 bits per heavy atom. The number of benzene rings is 1. The Hall–Kier alpha value is -0.930. The van der Waals surface area contributed by atoms with Crippen LogP contribution in [0.3, 0.4) is 0 Å². The summed E-state index contributed by atoms with van der Waals surface area (Å²) in [5.74, 6) is -0.284. The van der Waals surface area contributed by atoms with Crippen LogP contribution in [0.4, 0.5) is 4.39 Å². The number of rotatable bonds is 3. The number of halogens is 3. The largest absolute Gasteiger partial charge is 0.265 e. The molecule has 1 heterocycles. The number of pyridine rings is 1. The maximum absolute atomic E-state index is 13.7. The fraction of sp³-hybridized carbons (Fsp3) is 0.154. The lowest BCUT2D eigenvalue weighted by molar-refractivity contribution is 0.608. The molecule has 0 saturated heterocycles. The van der Waals surface area contributed by atoms with Crippen LogP contribution in [0.1, 0.15) is 16.0 Å². The predicted molar refractivity (Wildman–Crippen MR) is 71.0 cm³/mol. The van der Waals surface area contributed by atoms with E-state index in [4.69, 9.17) is 11.6 Å². The van der Waals surface area contributed by atoms with Crippen molar-refractivity contribution in [3.05, 3.63) is 64.7 Å². The average molecular weight is 315 g/mol. The van der Waals surface area contributed by atoms with Crippen molar-refractivity contribution in [2.75, 3.05) is 0 Å². The highest BCUT2D eigenvalue weighted by Gasteiger charge is 2.13. The van der Waals surface area contributed by atoms with Gasteiger partial charge < -0.3 is 0 Å². The first-order valence-corrected chi connectivity index (χ1v) is 6.44. The van der Waals surface area contributed by atoms with Gasteiger partial charge in [-0.1, -0.05) is 33.6 Å². The van der Waals surface area contributed by atoms with Crippen LogP contribution in [0.5, 0.6) is 0 Å². The van der Waals surface area contributed by atoms with E-state index in [9.17, 15) is 4.39 Å². The Kier molecular flexibility index (Phi) is 4.13. The van der Waals surface area contributed by atoms with E-state index in [1.165, 1.54) is 6.07 Å². The zero-order valence-corrected chi connectivity index (χ0v) is 11.2. The molecule has 1 aromatic heterocycles. The molecular weight excluding hydrogens is 305 g/mol. The Bertz CT molecular complexity index is 504. The van der Waals surface area contributed by atoms with Gasteiger partial charge in [0.05, 0.1) is 0 Å². The standard InChI is InChI=1S/C13H10BrClFN/c14-12(7-9-3-5-17-6-4-9)11-2-1-10(15)8-13(11)16/h1-6,8,12H,7H2. The fourth-order valence-corrected chi connectivity index (χ4v) is 2.50. The van der Waals surface area contributed by atoms with Gasteiger partial charge >= 0.3 is 0 Å². The summed E-state index contributed by atoms with van der Waals surface area (Å²) >= 11 is 9.21. The number of nitrogens with zero attached hydrogens (tertiary/aromatic N) is 1. The first-order valence-electron chi connectivity index (χ1n) is 5.15. The normalized spacial score (nSPS) is 12.4. The van der Waals surface area contributed by atoms with E-state index in [2.05, 4.69) is 20.9 Å². The van der Waals surface area contributed by atoms with Gasteiger partial charge in [-0.2, -0.15) is 0 Å². The van der Waals surface area contributed by atoms with Gasteiger partial charge in [0.2, 0.25) is 0 Å². The first kappa shape index (κ1) is 12.5. The van der Waals surface area contributed by atoms with Crippen LogP contribution in [0.15, 0.2) is 42.7 Å². The molecule has 0 spiro atoms. The minimum atomic E-state index is -0.284. The minimum Gasteiger partial charge on any atom is -0.265 e. The average Bonchev–Trinajstić information content (AvgIpc) is 2.30. The maximum Gasteiger partial charge on any atom is 0.129 e. The van der Waals surface area contributed by atoms with Gasteiger partial charge in [-0.05, 0) is 36.2 Å². The number of hydrogen-bond donors (Lipinski definition) is 0. The molecule has 1 aromatic carbocycles. The molecule has 4 heteroatoms. The molecule has 0 aliphatic heterocycles. The Labute approximate surface area is 113 Å². The number of alkyl halides is 1. The maximum atomic E-state index is 13.7. The molecular formula is C13H10BrClFN. The van der Waals surface area contributed by atoms with Gasteiger partial charge in [-0.15, -0.1) is 0 Å². The minimum absolute atomic E-state index is 0.0674. The van der Waals surface area contributed by atoms with E-state index >= 15 is 0 Å². The van der Waals surface area contributed by atoms with E-state index in [1.54, 1.807) is 24.5 Å². The molecule has 1 atom stereocenters. The van der Waals surface area contributed by atoms with Gasteiger partial charge in [0.15, 0.2) is 0 Å². The lowest BCUT2D eigenvalue weighted by Crippen LogP contribution is -1.98. The van der Waals surface area contributed by atoms with E-state index < -0.39 is 0 Å². The fourth-order valence-electron chi connectivity index (χ4n) is 1.59. The van der Waals surface area contributed by atoms with Crippen LogP contribution in [0.25, 0.3) is 0 Å². The molecule has 0 saturated carbocycles.